The number of aromatic nitrogens is 2. The molecule has 0 saturated carbocycles. The monoisotopic (exact) mass is 599 g/mol. The van der Waals surface area contributed by atoms with E-state index < -0.39 is 23.1 Å². The van der Waals surface area contributed by atoms with Crippen molar-refractivity contribution in [3.05, 3.63) is 113 Å². The summed E-state index contributed by atoms with van der Waals surface area (Å²) in [7, 11) is 1.54. The third-order valence-corrected chi connectivity index (χ3v) is 7.32. The lowest BCUT2D eigenvalue weighted by Crippen LogP contribution is -2.27. The van der Waals surface area contributed by atoms with E-state index in [1.807, 2.05) is 0 Å². The fraction of sp³-hybridized carbons (Fsp3) is 0.206. The fourth-order valence-electron chi connectivity index (χ4n) is 4.67. The lowest BCUT2D eigenvalue weighted by Gasteiger charge is -2.17. The van der Waals surface area contributed by atoms with Gasteiger partial charge in [-0.15, -0.1) is 0 Å². The van der Waals surface area contributed by atoms with E-state index >= 15 is 4.39 Å². The Bertz CT molecular complexity index is 1850. The van der Waals surface area contributed by atoms with Gasteiger partial charge < -0.3 is 19.5 Å². The van der Waals surface area contributed by atoms with E-state index in [9.17, 15) is 14.0 Å². The smallest absolute Gasteiger partial charge is 0.267 e. The van der Waals surface area contributed by atoms with Crippen LogP contribution in [0, 0.1) is 17.6 Å². The Kier molecular flexibility index (Phi) is 9.18. The van der Waals surface area contributed by atoms with Crippen LogP contribution in [0.2, 0.25) is 0 Å². The molecule has 2 aromatic heterocycles. The number of rotatable bonds is 11. The van der Waals surface area contributed by atoms with Crippen LogP contribution >= 0.6 is 0 Å². The molecule has 0 aliphatic rings. The van der Waals surface area contributed by atoms with Gasteiger partial charge in [-0.25, -0.2) is 8.78 Å². The largest absolute Gasteiger partial charge is 0.493 e. The molecule has 0 bridgehead atoms. The minimum atomic E-state index is -0.735. The predicted octanol–water partition coefficient (Wildman–Crippen LogP) is 7.53. The number of benzene rings is 3. The van der Waals surface area contributed by atoms with Crippen molar-refractivity contribution < 1.29 is 27.8 Å². The fourth-order valence-corrected chi connectivity index (χ4v) is 4.67. The highest BCUT2D eigenvalue weighted by Crippen LogP contribution is 2.38. The summed E-state index contributed by atoms with van der Waals surface area (Å²) in [6.07, 6.45) is 5.03. The van der Waals surface area contributed by atoms with Gasteiger partial charge in [0.05, 0.1) is 19.2 Å². The summed E-state index contributed by atoms with van der Waals surface area (Å²) in [6, 6.07) is 17.2. The molecule has 0 saturated heterocycles. The van der Waals surface area contributed by atoms with Gasteiger partial charge in [0, 0.05) is 41.3 Å². The number of nitrogens with zero attached hydrogens (tertiary/aromatic N) is 2. The van der Waals surface area contributed by atoms with E-state index in [1.54, 1.807) is 31.5 Å². The topological polar surface area (TPSA) is 91.7 Å². The molecule has 44 heavy (non-hydrogen) atoms. The van der Waals surface area contributed by atoms with Gasteiger partial charge in [0.2, 0.25) is 0 Å². The van der Waals surface area contributed by atoms with Gasteiger partial charge >= 0.3 is 0 Å². The quantitative estimate of drug-likeness (QED) is 0.169. The minimum absolute atomic E-state index is 0.0816. The van der Waals surface area contributed by atoms with Crippen molar-refractivity contribution in [2.75, 3.05) is 19.0 Å². The van der Waals surface area contributed by atoms with Crippen molar-refractivity contribution in [1.29, 1.82) is 0 Å². The second kappa shape index (κ2) is 13.4. The number of methoxy groups -OCH3 is 1. The molecule has 0 spiro atoms. The van der Waals surface area contributed by atoms with Crippen LogP contribution < -0.4 is 25.1 Å². The number of hydrogen-bond donors (Lipinski definition) is 1. The van der Waals surface area contributed by atoms with E-state index in [0.717, 1.165) is 18.9 Å². The molecule has 3 aromatic carbocycles. The number of carbonyl (C=O) groups is 1. The van der Waals surface area contributed by atoms with Crippen LogP contribution in [0.3, 0.4) is 0 Å². The number of anilines is 1. The third-order valence-electron chi connectivity index (χ3n) is 7.32. The molecule has 8 nitrogen and oxygen atoms in total. The molecule has 0 aliphatic heterocycles. The SMILES string of the molecule is CCC(CC)COc1cc2nccc(Oc3ccc(NC(=O)c4cccn(-c5ccc(F)cc5)c4=O)cc3F)c2cc1OC. The third kappa shape index (κ3) is 6.54. The first-order chi connectivity index (χ1) is 21.3. The van der Waals surface area contributed by atoms with Crippen LogP contribution in [-0.2, 0) is 0 Å². The Morgan fingerprint density at radius 1 is 0.932 bits per heavy atom. The molecule has 5 rings (SSSR count). The zero-order valence-corrected chi connectivity index (χ0v) is 24.5. The van der Waals surface area contributed by atoms with Crippen LogP contribution in [0.15, 0.2) is 90.0 Å². The number of hydrogen-bond acceptors (Lipinski definition) is 6. The average molecular weight is 600 g/mol. The number of pyridine rings is 2. The summed E-state index contributed by atoms with van der Waals surface area (Å²) in [6.45, 7) is 4.79. The molecule has 0 atom stereocenters. The van der Waals surface area contributed by atoms with Gasteiger partial charge in [-0.2, -0.15) is 0 Å². The van der Waals surface area contributed by atoms with Crippen molar-refractivity contribution in [1.82, 2.24) is 9.55 Å². The number of amides is 1. The Hall–Kier alpha value is -5.25. The molecular weight excluding hydrogens is 568 g/mol. The summed E-state index contributed by atoms with van der Waals surface area (Å²) >= 11 is 0. The average Bonchev–Trinajstić information content (AvgIpc) is 3.03. The molecule has 0 unspecified atom stereocenters. The molecule has 0 fully saturated rings. The maximum Gasteiger partial charge on any atom is 0.267 e. The van der Waals surface area contributed by atoms with Gasteiger partial charge in [-0.3, -0.25) is 19.1 Å². The molecule has 2 heterocycles. The zero-order valence-electron chi connectivity index (χ0n) is 24.5. The summed E-state index contributed by atoms with van der Waals surface area (Å²) in [5.41, 5.74) is 0.322. The number of nitrogens with one attached hydrogen (secondary N) is 1. The first kappa shape index (κ1) is 30.2. The van der Waals surface area contributed by atoms with E-state index in [1.165, 1.54) is 59.3 Å². The Balaban J connectivity index is 1.35. The van der Waals surface area contributed by atoms with Crippen molar-refractivity contribution in [3.63, 3.8) is 0 Å². The Morgan fingerprint density at radius 2 is 1.70 bits per heavy atom. The molecule has 10 heteroatoms. The van der Waals surface area contributed by atoms with Gasteiger partial charge in [0.25, 0.3) is 11.5 Å². The highest BCUT2D eigenvalue weighted by atomic mass is 19.1. The van der Waals surface area contributed by atoms with Crippen LogP contribution in [0.1, 0.15) is 37.0 Å². The van der Waals surface area contributed by atoms with Crippen LogP contribution in [0.4, 0.5) is 14.5 Å². The molecule has 5 aromatic rings. The first-order valence-electron chi connectivity index (χ1n) is 14.2. The van der Waals surface area contributed by atoms with Crippen LogP contribution in [-0.4, -0.2) is 29.2 Å². The number of ether oxygens (including phenoxy) is 3. The highest BCUT2D eigenvalue weighted by Gasteiger charge is 2.17. The lowest BCUT2D eigenvalue weighted by atomic mass is 10.1. The van der Waals surface area contributed by atoms with E-state index in [2.05, 4.69) is 24.1 Å². The zero-order chi connectivity index (χ0) is 31.2. The van der Waals surface area contributed by atoms with E-state index in [-0.39, 0.29) is 17.0 Å². The predicted molar refractivity (Wildman–Crippen MR) is 164 cm³/mol. The van der Waals surface area contributed by atoms with Gasteiger partial charge in [0.1, 0.15) is 17.1 Å². The van der Waals surface area contributed by atoms with Crippen molar-refractivity contribution in [2.45, 2.75) is 26.7 Å². The second-order valence-corrected chi connectivity index (χ2v) is 10.1. The maximum absolute atomic E-state index is 15.2. The summed E-state index contributed by atoms with van der Waals surface area (Å²) in [5, 5.41) is 3.14. The van der Waals surface area contributed by atoms with Gasteiger partial charge in [0.15, 0.2) is 23.1 Å². The molecule has 1 N–H and O–H groups in total. The first-order valence-corrected chi connectivity index (χ1v) is 14.2. The van der Waals surface area contributed by atoms with Crippen molar-refractivity contribution in [3.8, 4) is 28.7 Å². The molecule has 0 aliphatic carbocycles. The van der Waals surface area contributed by atoms with E-state index in [4.69, 9.17) is 14.2 Å². The highest BCUT2D eigenvalue weighted by molar-refractivity contribution is 6.04. The van der Waals surface area contributed by atoms with Gasteiger partial charge in [-0.1, -0.05) is 26.7 Å². The normalized spacial score (nSPS) is 11.0. The number of halogens is 2. The second-order valence-electron chi connectivity index (χ2n) is 10.1. The van der Waals surface area contributed by atoms with E-state index in [0.29, 0.717) is 46.4 Å². The van der Waals surface area contributed by atoms with Gasteiger partial charge in [-0.05, 0) is 66.6 Å². The number of carbonyl (C=O) groups excluding carboxylic acids is 1. The Morgan fingerprint density at radius 3 is 2.41 bits per heavy atom. The standard InChI is InChI=1S/C34H31F2N3O5/c1-4-21(5-2)20-43-32-19-28-26(18-31(32)42-3)29(14-15-37-28)44-30-13-10-23(17-27(30)36)38-33(40)25-7-6-16-39(34(25)41)24-11-8-22(35)9-12-24/h6-19,21H,4-5,20H2,1-3H3,(H,38,40). The van der Waals surface area contributed by atoms with Crippen molar-refractivity contribution in [2.24, 2.45) is 5.92 Å². The summed E-state index contributed by atoms with van der Waals surface area (Å²) in [4.78, 5) is 30.3. The Labute approximate surface area is 252 Å². The molecule has 0 radical (unpaired) electrons. The molecular formula is C34H31F2N3O5. The minimum Gasteiger partial charge on any atom is -0.493 e. The lowest BCUT2D eigenvalue weighted by molar-refractivity contribution is 0.102. The molecule has 226 valence electrons. The summed E-state index contributed by atoms with van der Waals surface area (Å²) in [5.74, 6) is -0.168. The van der Waals surface area contributed by atoms with Crippen LogP contribution in [0.5, 0.6) is 23.0 Å². The maximum atomic E-state index is 15.2. The summed E-state index contributed by atoms with van der Waals surface area (Å²) < 4.78 is 47.3. The van der Waals surface area contributed by atoms with Crippen molar-refractivity contribution >= 4 is 22.5 Å². The molecule has 1 amide bonds. The number of fused-ring (bicyclic) bond motifs is 1. The van der Waals surface area contributed by atoms with Crippen LogP contribution in [0.25, 0.3) is 16.6 Å².